The minimum atomic E-state index is 1.04. The van der Waals surface area contributed by atoms with Crippen LogP contribution in [0.4, 0.5) is 0 Å². The molecular weight excluding hydrogens is 206 g/mol. The fraction of sp³-hybridized carbons (Fsp3) is 0.250. The molecule has 0 aliphatic carbocycles. The monoisotopic (exact) mass is 227 g/mol. The lowest BCUT2D eigenvalue weighted by atomic mass is 10.1. The zero-order chi connectivity index (χ0) is 12.8. The summed E-state index contributed by atoms with van der Waals surface area (Å²) < 4.78 is 2.15. The van der Waals surface area contributed by atoms with Gasteiger partial charge in [-0.2, -0.15) is 0 Å². The van der Waals surface area contributed by atoms with Crippen molar-refractivity contribution in [1.29, 1.82) is 0 Å². The van der Waals surface area contributed by atoms with E-state index in [9.17, 15) is 0 Å². The number of allylic oxidation sites excluding steroid dienone is 2. The van der Waals surface area contributed by atoms with Crippen molar-refractivity contribution in [2.45, 2.75) is 20.3 Å². The maximum absolute atomic E-state index is 3.90. The standard InChI is InChI=1S/C16H21N/c1-6-10-12-14-13(8-3)16(11-7-2)17(5)15(14)9-4/h7-12H,2,4,6H2,1,3,5H3/b12-10?,13-8-,16-11+. The normalized spacial score (nSPS) is 13.6. The van der Waals surface area contributed by atoms with Gasteiger partial charge < -0.3 is 4.57 Å². The molecule has 1 nitrogen and oxygen atoms in total. The Morgan fingerprint density at radius 3 is 2.47 bits per heavy atom. The highest BCUT2D eigenvalue weighted by molar-refractivity contribution is 5.65. The van der Waals surface area contributed by atoms with Crippen molar-refractivity contribution in [3.05, 3.63) is 47.1 Å². The first-order chi connectivity index (χ1) is 8.21. The van der Waals surface area contributed by atoms with Crippen molar-refractivity contribution >= 4 is 24.3 Å². The van der Waals surface area contributed by atoms with E-state index in [0.29, 0.717) is 0 Å². The average Bonchev–Trinajstić information content (AvgIpc) is 2.59. The van der Waals surface area contributed by atoms with Crippen LogP contribution in [-0.4, -0.2) is 4.57 Å². The minimum Gasteiger partial charge on any atom is -0.344 e. The fourth-order valence-corrected chi connectivity index (χ4v) is 2.04. The Kier molecular flexibility index (Phi) is 4.77. The Balaban J connectivity index is 3.75. The van der Waals surface area contributed by atoms with Gasteiger partial charge in [0.25, 0.3) is 0 Å². The maximum atomic E-state index is 3.90. The molecular formula is C16H21N. The summed E-state index contributed by atoms with van der Waals surface area (Å²) in [6, 6.07) is 0. The highest BCUT2D eigenvalue weighted by Gasteiger charge is 2.06. The van der Waals surface area contributed by atoms with Crippen molar-refractivity contribution < 1.29 is 0 Å². The van der Waals surface area contributed by atoms with Gasteiger partial charge in [-0.15, -0.1) is 0 Å². The van der Waals surface area contributed by atoms with Crippen LogP contribution >= 0.6 is 0 Å². The van der Waals surface area contributed by atoms with E-state index in [0.717, 1.165) is 12.1 Å². The summed E-state index contributed by atoms with van der Waals surface area (Å²) in [6.45, 7) is 11.9. The summed E-state index contributed by atoms with van der Waals surface area (Å²) in [7, 11) is 2.06. The Morgan fingerprint density at radius 1 is 1.29 bits per heavy atom. The summed E-state index contributed by atoms with van der Waals surface area (Å²) in [5.41, 5.74) is 2.39. The average molecular weight is 227 g/mol. The predicted molar refractivity (Wildman–Crippen MR) is 78.9 cm³/mol. The van der Waals surface area contributed by atoms with E-state index < -0.39 is 0 Å². The summed E-state index contributed by atoms with van der Waals surface area (Å²) in [4.78, 5) is 0. The van der Waals surface area contributed by atoms with E-state index in [1.54, 1.807) is 0 Å². The molecule has 1 aromatic heterocycles. The molecule has 0 bridgehead atoms. The molecule has 0 fully saturated rings. The maximum Gasteiger partial charge on any atom is 0.0485 e. The van der Waals surface area contributed by atoms with E-state index in [1.165, 1.54) is 16.1 Å². The molecule has 17 heavy (non-hydrogen) atoms. The number of rotatable bonds is 4. The third-order valence-corrected chi connectivity index (χ3v) is 2.84. The first kappa shape index (κ1) is 13.3. The van der Waals surface area contributed by atoms with Gasteiger partial charge in [0.2, 0.25) is 0 Å². The summed E-state index contributed by atoms with van der Waals surface area (Å²) >= 11 is 0. The van der Waals surface area contributed by atoms with Crippen molar-refractivity contribution in [1.82, 2.24) is 4.57 Å². The van der Waals surface area contributed by atoms with Crippen LogP contribution in [0.2, 0.25) is 0 Å². The smallest absolute Gasteiger partial charge is 0.0485 e. The Hall–Kier alpha value is -1.76. The lowest BCUT2D eigenvalue weighted by molar-refractivity contribution is 0.877. The Bertz CT molecular complexity index is 553. The van der Waals surface area contributed by atoms with Gasteiger partial charge in [0.05, 0.1) is 0 Å². The van der Waals surface area contributed by atoms with Crippen molar-refractivity contribution in [2.75, 3.05) is 0 Å². The van der Waals surface area contributed by atoms with Crippen molar-refractivity contribution in [2.24, 2.45) is 7.05 Å². The van der Waals surface area contributed by atoms with E-state index in [4.69, 9.17) is 0 Å². The molecule has 1 rings (SSSR count). The van der Waals surface area contributed by atoms with Gasteiger partial charge in [-0.25, -0.2) is 0 Å². The van der Waals surface area contributed by atoms with Crippen LogP contribution < -0.4 is 10.6 Å². The van der Waals surface area contributed by atoms with Gasteiger partial charge in [0.1, 0.15) is 0 Å². The topological polar surface area (TPSA) is 4.93 Å². The van der Waals surface area contributed by atoms with E-state index in [1.807, 2.05) is 18.2 Å². The molecule has 1 heteroatoms. The van der Waals surface area contributed by atoms with E-state index >= 15 is 0 Å². The second kappa shape index (κ2) is 6.09. The molecule has 0 amide bonds. The van der Waals surface area contributed by atoms with Gasteiger partial charge in [-0.3, -0.25) is 0 Å². The minimum absolute atomic E-state index is 1.04. The largest absolute Gasteiger partial charge is 0.344 e. The van der Waals surface area contributed by atoms with E-state index in [2.05, 4.69) is 56.8 Å². The molecule has 90 valence electrons. The second-order valence-corrected chi connectivity index (χ2v) is 3.86. The summed E-state index contributed by atoms with van der Waals surface area (Å²) in [5, 5.41) is 2.42. The molecule has 0 aromatic carbocycles. The van der Waals surface area contributed by atoms with Crippen LogP contribution in [0.3, 0.4) is 0 Å². The molecule has 1 aromatic rings. The molecule has 1 heterocycles. The van der Waals surface area contributed by atoms with Gasteiger partial charge in [0, 0.05) is 28.9 Å². The molecule has 0 radical (unpaired) electrons. The molecule has 0 saturated carbocycles. The zero-order valence-electron chi connectivity index (χ0n) is 11.0. The van der Waals surface area contributed by atoms with Gasteiger partial charge in [-0.1, -0.05) is 44.4 Å². The van der Waals surface area contributed by atoms with Crippen LogP contribution in [0.15, 0.2) is 25.3 Å². The quantitative estimate of drug-likeness (QED) is 0.745. The zero-order valence-corrected chi connectivity index (χ0v) is 11.0. The third kappa shape index (κ3) is 2.50. The van der Waals surface area contributed by atoms with Crippen LogP contribution in [0.1, 0.15) is 31.5 Å². The number of hydrogen-bond acceptors (Lipinski definition) is 0. The van der Waals surface area contributed by atoms with Gasteiger partial charge >= 0.3 is 0 Å². The highest BCUT2D eigenvalue weighted by Crippen LogP contribution is 2.06. The SMILES string of the molecule is C=C/C=c1\c(=C/C)c(C=CCC)c(C=C)n1C. The first-order valence-electron chi connectivity index (χ1n) is 5.97. The molecule has 0 aliphatic rings. The van der Waals surface area contributed by atoms with E-state index in [-0.39, 0.29) is 0 Å². The second-order valence-electron chi connectivity index (χ2n) is 3.86. The molecule has 0 N–H and O–H groups in total. The van der Waals surface area contributed by atoms with Crippen LogP contribution in [-0.2, 0) is 7.05 Å². The first-order valence-corrected chi connectivity index (χ1v) is 5.97. The Labute approximate surface area is 104 Å². The van der Waals surface area contributed by atoms with Gasteiger partial charge in [0.15, 0.2) is 0 Å². The molecule has 0 spiro atoms. The predicted octanol–water partition coefficient (Wildman–Crippen LogP) is 2.86. The number of hydrogen-bond donors (Lipinski definition) is 0. The summed E-state index contributed by atoms with van der Waals surface area (Å²) in [5.74, 6) is 0. The Morgan fingerprint density at radius 2 is 2.00 bits per heavy atom. The van der Waals surface area contributed by atoms with Gasteiger partial charge in [-0.05, 0) is 25.5 Å². The van der Waals surface area contributed by atoms with Crippen LogP contribution in [0, 0.1) is 0 Å². The number of nitrogens with zero attached hydrogens (tertiary/aromatic N) is 1. The van der Waals surface area contributed by atoms with Crippen LogP contribution in [0.25, 0.3) is 24.3 Å². The number of aromatic nitrogens is 1. The van der Waals surface area contributed by atoms with Crippen molar-refractivity contribution in [3.63, 3.8) is 0 Å². The molecule has 0 saturated heterocycles. The molecule has 0 atom stereocenters. The lowest BCUT2D eigenvalue weighted by Gasteiger charge is -1.98. The highest BCUT2D eigenvalue weighted by atomic mass is 14.9. The fourth-order valence-electron chi connectivity index (χ4n) is 2.04. The lowest BCUT2D eigenvalue weighted by Crippen LogP contribution is -2.28. The third-order valence-electron chi connectivity index (χ3n) is 2.84. The van der Waals surface area contributed by atoms with Crippen LogP contribution in [0.5, 0.6) is 0 Å². The molecule has 0 aliphatic heterocycles. The summed E-state index contributed by atoms with van der Waals surface area (Å²) in [6.07, 6.45) is 13.3. The molecule has 0 unspecified atom stereocenters. The van der Waals surface area contributed by atoms with Crippen molar-refractivity contribution in [3.8, 4) is 0 Å².